The summed E-state index contributed by atoms with van der Waals surface area (Å²) < 4.78 is 0. The molecule has 35 heavy (non-hydrogen) atoms. The van der Waals surface area contributed by atoms with Crippen LogP contribution in [0.1, 0.15) is 51.8 Å². The van der Waals surface area contributed by atoms with Gasteiger partial charge in [0.1, 0.15) is 0 Å². The molecule has 8 nitrogen and oxygen atoms in total. The molecule has 0 N–H and O–H groups in total. The second-order valence-corrected chi connectivity index (χ2v) is 9.80. The fraction of sp³-hybridized carbons (Fsp3) is 0.296. The molecule has 0 saturated carbocycles. The fourth-order valence-corrected chi connectivity index (χ4v) is 4.56. The zero-order valence-electron chi connectivity index (χ0n) is 20.1. The number of benzene rings is 2. The third kappa shape index (κ3) is 4.16. The van der Waals surface area contributed by atoms with Crippen molar-refractivity contribution in [3.63, 3.8) is 0 Å². The highest BCUT2D eigenvalue weighted by molar-refractivity contribution is 6.22. The van der Waals surface area contributed by atoms with Crippen LogP contribution < -0.4 is 4.90 Å². The first-order chi connectivity index (χ1) is 16.7. The van der Waals surface area contributed by atoms with Gasteiger partial charge in [0.05, 0.1) is 16.8 Å². The molecule has 1 aromatic heterocycles. The largest absolute Gasteiger partial charge is 0.352 e. The Labute approximate surface area is 204 Å². The van der Waals surface area contributed by atoms with E-state index in [2.05, 4.69) is 15.1 Å². The van der Waals surface area contributed by atoms with Crippen molar-refractivity contribution < 1.29 is 14.4 Å². The quantitative estimate of drug-likeness (QED) is 0.546. The molecule has 0 spiro atoms. The zero-order valence-corrected chi connectivity index (χ0v) is 20.1. The summed E-state index contributed by atoms with van der Waals surface area (Å²) in [6, 6.07) is 18.6. The number of hydrogen-bond acceptors (Lipinski definition) is 6. The average Bonchev–Trinajstić information content (AvgIpc) is 3.13. The smallest absolute Gasteiger partial charge is 0.262 e. The molecule has 0 aliphatic carbocycles. The van der Waals surface area contributed by atoms with Crippen molar-refractivity contribution in [1.82, 2.24) is 20.0 Å². The maximum atomic E-state index is 13.2. The summed E-state index contributed by atoms with van der Waals surface area (Å²) in [6.45, 7) is 7.77. The topological polar surface area (TPSA) is 86.7 Å². The van der Waals surface area contributed by atoms with Crippen LogP contribution in [0.5, 0.6) is 0 Å². The van der Waals surface area contributed by atoms with Crippen LogP contribution in [0, 0.1) is 0 Å². The molecular formula is C27H27N5O3. The predicted octanol–water partition coefficient (Wildman–Crippen LogP) is 3.50. The van der Waals surface area contributed by atoms with Crippen molar-refractivity contribution in [1.29, 1.82) is 0 Å². The van der Waals surface area contributed by atoms with Crippen LogP contribution in [0.2, 0.25) is 0 Å². The van der Waals surface area contributed by atoms with E-state index in [-0.39, 0.29) is 17.7 Å². The molecule has 2 aromatic carbocycles. The maximum absolute atomic E-state index is 13.2. The maximum Gasteiger partial charge on any atom is 0.262 e. The lowest BCUT2D eigenvalue weighted by molar-refractivity contribution is 0.0507. The molecule has 0 bridgehead atoms. The van der Waals surface area contributed by atoms with Crippen LogP contribution in [0.15, 0.2) is 60.7 Å². The van der Waals surface area contributed by atoms with E-state index >= 15 is 0 Å². The molecule has 0 radical (unpaired) electrons. The molecular weight excluding hydrogens is 442 g/mol. The van der Waals surface area contributed by atoms with Gasteiger partial charge in [0.15, 0.2) is 5.82 Å². The lowest BCUT2D eigenvalue weighted by Gasteiger charge is -2.35. The van der Waals surface area contributed by atoms with Crippen LogP contribution in [-0.2, 0) is 0 Å². The number of carbonyl (C=O) groups excluding carboxylic acids is 3. The first-order valence-corrected chi connectivity index (χ1v) is 11.7. The van der Waals surface area contributed by atoms with Gasteiger partial charge in [-0.05, 0) is 51.1 Å². The first-order valence-electron chi connectivity index (χ1n) is 11.7. The molecule has 0 atom stereocenters. The van der Waals surface area contributed by atoms with E-state index in [9.17, 15) is 14.4 Å². The van der Waals surface area contributed by atoms with Gasteiger partial charge >= 0.3 is 0 Å². The van der Waals surface area contributed by atoms with Gasteiger partial charge in [0.2, 0.25) is 0 Å². The van der Waals surface area contributed by atoms with Crippen molar-refractivity contribution in [2.75, 3.05) is 31.1 Å². The number of carbonyl (C=O) groups is 3. The van der Waals surface area contributed by atoms with Crippen LogP contribution >= 0.6 is 0 Å². The zero-order chi connectivity index (χ0) is 24.7. The van der Waals surface area contributed by atoms with Gasteiger partial charge in [-0.1, -0.05) is 30.3 Å². The summed E-state index contributed by atoms with van der Waals surface area (Å²) in [4.78, 5) is 43.9. The van der Waals surface area contributed by atoms with Gasteiger partial charge in [-0.25, -0.2) is 0 Å². The SMILES string of the molecule is CC(C)(C)N1C(=O)c2ccc(C(=O)N3CCN(c4ccc(-c5ccccc5)nn4)CC3)cc2C1=O. The molecule has 1 fully saturated rings. The second-order valence-electron chi connectivity index (χ2n) is 9.80. The van der Waals surface area contributed by atoms with Gasteiger partial charge in [-0.2, -0.15) is 0 Å². The van der Waals surface area contributed by atoms with Crippen LogP contribution in [0.3, 0.4) is 0 Å². The van der Waals surface area contributed by atoms with E-state index in [4.69, 9.17) is 0 Å². The molecule has 2 aliphatic heterocycles. The number of aromatic nitrogens is 2. The average molecular weight is 470 g/mol. The number of imide groups is 1. The van der Waals surface area contributed by atoms with Gasteiger partial charge in [-0.3, -0.25) is 19.3 Å². The number of nitrogens with zero attached hydrogens (tertiary/aromatic N) is 5. The first kappa shape index (κ1) is 22.7. The van der Waals surface area contributed by atoms with Gasteiger partial charge in [-0.15, -0.1) is 10.2 Å². The fourth-order valence-electron chi connectivity index (χ4n) is 4.56. The number of rotatable bonds is 3. The van der Waals surface area contributed by atoms with Crippen molar-refractivity contribution in [2.24, 2.45) is 0 Å². The molecule has 178 valence electrons. The Bertz CT molecular complexity index is 1290. The Hall–Kier alpha value is -4.07. The second kappa shape index (κ2) is 8.61. The lowest BCUT2D eigenvalue weighted by Crippen LogP contribution is -2.49. The third-order valence-electron chi connectivity index (χ3n) is 6.42. The van der Waals surface area contributed by atoms with Crippen molar-refractivity contribution >= 4 is 23.5 Å². The summed E-state index contributed by atoms with van der Waals surface area (Å²) in [5.74, 6) is -0.0351. The molecule has 3 heterocycles. The molecule has 3 aromatic rings. The number of fused-ring (bicyclic) bond motifs is 1. The van der Waals surface area contributed by atoms with E-state index in [1.807, 2.05) is 63.2 Å². The lowest BCUT2D eigenvalue weighted by atomic mass is 10.0. The van der Waals surface area contributed by atoms with E-state index in [0.717, 1.165) is 17.1 Å². The standard InChI is InChI=1S/C27H27N5O3/c1-27(2,3)32-25(34)20-10-9-19(17-21(20)26(32)35)24(33)31-15-13-30(14-16-31)23-12-11-22(28-29-23)18-7-5-4-6-8-18/h4-12,17H,13-16H2,1-3H3. The molecule has 1 saturated heterocycles. The van der Waals surface area contributed by atoms with Crippen LogP contribution in [-0.4, -0.2) is 69.4 Å². The highest BCUT2D eigenvalue weighted by Gasteiger charge is 2.42. The Balaban J connectivity index is 1.25. The molecule has 3 amide bonds. The van der Waals surface area contributed by atoms with Gasteiger partial charge in [0, 0.05) is 42.8 Å². The Morgan fingerprint density at radius 3 is 2.11 bits per heavy atom. The summed E-state index contributed by atoms with van der Waals surface area (Å²) in [5, 5.41) is 8.75. The Kier molecular flexibility index (Phi) is 5.59. The predicted molar refractivity (Wildman–Crippen MR) is 132 cm³/mol. The van der Waals surface area contributed by atoms with Crippen LogP contribution in [0.25, 0.3) is 11.3 Å². The van der Waals surface area contributed by atoms with Gasteiger partial charge in [0.25, 0.3) is 17.7 Å². The number of piperazine rings is 1. The third-order valence-corrected chi connectivity index (χ3v) is 6.42. The summed E-state index contributed by atoms with van der Waals surface area (Å²) >= 11 is 0. The summed E-state index contributed by atoms with van der Waals surface area (Å²) in [6.07, 6.45) is 0. The van der Waals surface area contributed by atoms with E-state index < -0.39 is 5.54 Å². The van der Waals surface area contributed by atoms with Crippen molar-refractivity contribution in [2.45, 2.75) is 26.3 Å². The highest BCUT2D eigenvalue weighted by atomic mass is 16.2. The number of amides is 3. The van der Waals surface area contributed by atoms with Gasteiger partial charge < -0.3 is 9.80 Å². The Morgan fingerprint density at radius 2 is 1.49 bits per heavy atom. The van der Waals surface area contributed by atoms with Crippen LogP contribution in [0.4, 0.5) is 5.82 Å². The van der Waals surface area contributed by atoms with Crippen molar-refractivity contribution in [3.05, 3.63) is 77.4 Å². The summed E-state index contributed by atoms with van der Waals surface area (Å²) in [5.41, 5.74) is 2.27. The number of anilines is 1. The molecule has 5 rings (SSSR count). The minimum Gasteiger partial charge on any atom is -0.352 e. The normalized spacial score (nSPS) is 16.0. The van der Waals surface area contributed by atoms with E-state index in [0.29, 0.717) is 42.9 Å². The number of hydrogen-bond donors (Lipinski definition) is 0. The molecule has 8 heteroatoms. The molecule has 2 aliphatic rings. The minimum absolute atomic E-state index is 0.146. The Morgan fingerprint density at radius 1 is 0.800 bits per heavy atom. The minimum atomic E-state index is -0.629. The van der Waals surface area contributed by atoms with Crippen molar-refractivity contribution in [3.8, 4) is 11.3 Å². The van der Waals surface area contributed by atoms with E-state index in [1.165, 1.54) is 4.90 Å². The van der Waals surface area contributed by atoms with E-state index in [1.54, 1.807) is 23.1 Å². The molecule has 0 unspecified atom stereocenters. The summed E-state index contributed by atoms with van der Waals surface area (Å²) in [7, 11) is 0. The highest BCUT2D eigenvalue weighted by Crippen LogP contribution is 2.30. The monoisotopic (exact) mass is 469 g/mol.